The number of anilines is 2. The predicted octanol–water partition coefficient (Wildman–Crippen LogP) is 4.39. The van der Waals surface area contributed by atoms with Gasteiger partial charge in [0.1, 0.15) is 0 Å². The molecule has 0 fully saturated rings. The zero-order valence-electron chi connectivity index (χ0n) is 16.0. The number of hydrogen-bond donors (Lipinski definition) is 3. The standard InChI is InChI=1S/C21H20N4O3S2/c26-20(7-3-4-15-14-23-19-6-2-1-5-18(15)19)24-16-8-10-17(11-9-16)30(27,28)25-21-22-12-13-29-21/h1-2,5-6,8-14,23H,3-4,7H2,(H,22,25)(H,24,26). The van der Waals surface area contributed by atoms with Crippen molar-refractivity contribution in [3.05, 3.63) is 71.9 Å². The smallest absolute Gasteiger partial charge is 0.263 e. The lowest BCUT2D eigenvalue weighted by Gasteiger charge is -2.08. The van der Waals surface area contributed by atoms with Crippen molar-refractivity contribution in [3.8, 4) is 0 Å². The summed E-state index contributed by atoms with van der Waals surface area (Å²) in [6.45, 7) is 0. The summed E-state index contributed by atoms with van der Waals surface area (Å²) in [6.07, 6.45) is 5.42. The molecule has 4 rings (SSSR count). The first-order chi connectivity index (χ1) is 14.5. The number of para-hydroxylation sites is 1. The van der Waals surface area contributed by atoms with E-state index in [1.54, 1.807) is 17.5 Å². The highest BCUT2D eigenvalue weighted by atomic mass is 32.2. The van der Waals surface area contributed by atoms with Gasteiger partial charge in [-0.2, -0.15) is 0 Å². The minimum atomic E-state index is -3.70. The van der Waals surface area contributed by atoms with Crippen molar-refractivity contribution in [2.45, 2.75) is 24.2 Å². The molecule has 7 nitrogen and oxygen atoms in total. The Morgan fingerprint density at radius 1 is 1.10 bits per heavy atom. The molecule has 30 heavy (non-hydrogen) atoms. The van der Waals surface area contributed by atoms with Crippen molar-refractivity contribution in [3.63, 3.8) is 0 Å². The van der Waals surface area contributed by atoms with Crippen LogP contribution in [-0.2, 0) is 21.2 Å². The number of carbonyl (C=O) groups is 1. The molecule has 0 bridgehead atoms. The van der Waals surface area contributed by atoms with Crippen molar-refractivity contribution in [2.24, 2.45) is 0 Å². The van der Waals surface area contributed by atoms with Crippen LogP contribution in [0.2, 0.25) is 0 Å². The third-order valence-corrected chi connectivity index (χ3v) is 6.80. The van der Waals surface area contributed by atoms with Gasteiger partial charge in [-0.25, -0.2) is 13.4 Å². The first-order valence-electron chi connectivity index (χ1n) is 9.38. The average Bonchev–Trinajstić information content (AvgIpc) is 3.38. The predicted molar refractivity (Wildman–Crippen MR) is 119 cm³/mol. The van der Waals surface area contributed by atoms with Gasteiger partial charge in [0.25, 0.3) is 10.0 Å². The molecule has 4 aromatic rings. The number of H-pyrrole nitrogens is 1. The molecular formula is C21H20N4O3S2. The number of thiazole rings is 1. The van der Waals surface area contributed by atoms with Crippen LogP contribution in [0, 0.1) is 0 Å². The van der Waals surface area contributed by atoms with Crippen LogP contribution in [0.25, 0.3) is 10.9 Å². The molecule has 0 saturated heterocycles. The SMILES string of the molecule is O=C(CCCc1c[nH]c2ccccc12)Nc1ccc(S(=O)(=O)Nc2nccs2)cc1. The third-order valence-electron chi connectivity index (χ3n) is 4.63. The average molecular weight is 441 g/mol. The maximum Gasteiger partial charge on any atom is 0.263 e. The van der Waals surface area contributed by atoms with Gasteiger partial charge in [-0.15, -0.1) is 11.3 Å². The number of amides is 1. The second-order valence-electron chi connectivity index (χ2n) is 6.73. The Kier molecular flexibility index (Phi) is 5.82. The van der Waals surface area contributed by atoms with Gasteiger partial charge in [0.05, 0.1) is 4.90 Å². The van der Waals surface area contributed by atoms with Crippen molar-refractivity contribution in [1.29, 1.82) is 0 Å². The number of aryl methyl sites for hydroxylation is 1. The van der Waals surface area contributed by atoms with Crippen molar-refractivity contribution < 1.29 is 13.2 Å². The molecule has 2 aromatic heterocycles. The Morgan fingerprint density at radius 2 is 1.90 bits per heavy atom. The number of sulfonamides is 1. The summed E-state index contributed by atoms with van der Waals surface area (Å²) in [4.78, 5) is 19.5. The Labute approximate surface area is 178 Å². The van der Waals surface area contributed by atoms with Gasteiger partial charge in [0.15, 0.2) is 5.13 Å². The van der Waals surface area contributed by atoms with E-state index in [4.69, 9.17) is 0 Å². The minimum Gasteiger partial charge on any atom is -0.361 e. The van der Waals surface area contributed by atoms with Crippen LogP contribution in [-0.4, -0.2) is 24.3 Å². The summed E-state index contributed by atoms with van der Waals surface area (Å²) in [7, 11) is -3.70. The lowest BCUT2D eigenvalue weighted by Crippen LogP contribution is -2.14. The lowest BCUT2D eigenvalue weighted by atomic mass is 10.1. The topological polar surface area (TPSA) is 104 Å². The molecule has 0 saturated carbocycles. The highest BCUT2D eigenvalue weighted by Gasteiger charge is 2.15. The van der Waals surface area contributed by atoms with Crippen LogP contribution < -0.4 is 10.0 Å². The summed E-state index contributed by atoms with van der Waals surface area (Å²) < 4.78 is 27.1. The normalized spacial score (nSPS) is 11.5. The Balaban J connectivity index is 1.30. The van der Waals surface area contributed by atoms with Crippen molar-refractivity contribution in [1.82, 2.24) is 9.97 Å². The van der Waals surface area contributed by atoms with Crippen LogP contribution in [0.1, 0.15) is 18.4 Å². The van der Waals surface area contributed by atoms with Gasteiger partial charge in [0.2, 0.25) is 5.91 Å². The molecule has 0 aliphatic heterocycles. The lowest BCUT2D eigenvalue weighted by molar-refractivity contribution is -0.116. The van der Waals surface area contributed by atoms with E-state index in [2.05, 4.69) is 26.1 Å². The molecule has 0 radical (unpaired) electrons. The number of fused-ring (bicyclic) bond motifs is 1. The van der Waals surface area contributed by atoms with E-state index in [0.29, 0.717) is 17.2 Å². The molecule has 2 heterocycles. The van der Waals surface area contributed by atoms with E-state index in [9.17, 15) is 13.2 Å². The highest BCUT2D eigenvalue weighted by molar-refractivity contribution is 7.93. The highest BCUT2D eigenvalue weighted by Crippen LogP contribution is 2.21. The summed E-state index contributed by atoms with van der Waals surface area (Å²) in [5, 5.41) is 5.99. The third kappa shape index (κ3) is 4.69. The maximum atomic E-state index is 12.3. The number of nitrogens with zero attached hydrogens (tertiary/aromatic N) is 1. The first kappa shape index (κ1) is 20.1. The fourth-order valence-corrected chi connectivity index (χ4v) is 4.96. The van der Waals surface area contributed by atoms with Gasteiger partial charge in [-0.3, -0.25) is 9.52 Å². The number of aromatic nitrogens is 2. The molecule has 0 unspecified atom stereocenters. The monoisotopic (exact) mass is 440 g/mol. The van der Waals surface area contributed by atoms with Gasteiger partial charge in [-0.05, 0) is 48.7 Å². The molecular weight excluding hydrogens is 420 g/mol. The molecule has 154 valence electrons. The first-order valence-corrected chi connectivity index (χ1v) is 11.7. The number of carbonyl (C=O) groups excluding carboxylic acids is 1. The van der Waals surface area contributed by atoms with Gasteiger partial charge in [-0.1, -0.05) is 18.2 Å². The molecule has 9 heteroatoms. The zero-order valence-corrected chi connectivity index (χ0v) is 17.6. The molecule has 0 aliphatic carbocycles. The van der Waals surface area contributed by atoms with E-state index in [-0.39, 0.29) is 10.8 Å². The molecule has 3 N–H and O–H groups in total. The number of hydrogen-bond acceptors (Lipinski definition) is 5. The van der Waals surface area contributed by atoms with Crippen LogP contribution in [0.5, 0.6) is 0 Å². The van der Waals surface area contributed by atoms with Gasteiger partial charge in [0, 0.05) is 40.8 Å². The van der Waals surface area contributed by atoms with E-state index in [1.807, 2.05) is 24.4 Å². The number of nitrogens with one attached hydrogen (secondary N) is 3. The molecule has 0 aliphatic rings. The van der Waals surface area contributed by atoms with Gasteiger partial charge >= 0.3 is 0 Å². The maximum absolute atomic E-state index is 12.3. The van der Waals surface area contributed by atoms with Crippen molar-refractivity contribution in [2.75, 3.05) is 10.0 Å². The van der Waals surface area contributed by atoms with Gasteiger partial charge < -0.3 is 10.3 Å². The van der Waals surface area contributed by atoms with E-state index < -0.39 is 10.0 Å². The number of benzene rings is 2. The number of aromatic amines is 1. The number of rotatable bonds is 8. The fraction of sp³-hybridized carbons (Fsp3) is 0.143. The van der Waals surface area contributed by atoms with E-state index in [0.717, 1.165) is 18.4 Å². The Hall–Kier alpha value is -3.17. The summed E-state index contributed by atoms with van der Waals surface area (Å²) in [5.74, 6) is -0.105. The van der Waals surface area contributed by atoms with E-state index >= 15 is 0 Å². The summed E-state index contributed by atoms with van der Waals surface area (Å²) in [6, 6.07) is 14.2. The van der Waals surface area contributed by atoms with Crippen LogP contribution in [0.4, 0.5) is 10.8 Å². The van der Waals surface area contributed by atoms with E-state index in [1.165, 1.54) is 40.6 Å². The largest absolute Gasteiger partial charge is 0.361 e. The fourth-order valence-electron chi connectivity index (χ4n) is 3.17. The summed E-state index contributed by atoms with van der Waals surface area (Å²) in [5.41, 5.74) is 2.84. The molecule has 0 spiro atoms. The van der Waals surface area contributed by atoms with Crippen molar-refractivity contribution >= 4 is 49.0 Å². The quantitative estimate of drug-likeness (QED) is 0.378. The molecule has 0 atom stereocenters. The minimum absolute atomic E-state index is 0.105. The molecule has 1 amide bonds. The van der Waals surface area contributed by atoms with Crippen LogP contribution in [0.3, 0.4) is 0 Å². The van der Waals surface area contributed by atoms with Crippen LogP contribution in [0.15, 0.2) is 71.2 Å². The Morgan fingerprint density at radius 3 is 2.67 bits per heavy atom. The van der Waals surface area contributed by atoms with Crippen LogP contribution >= 0.6 is 11.3 Å². The zero-order chi connectivity index (χ0) is 21.0. The Bertz CT molecular complexity index is 1250. The molecule has 2 aromatic carbocycles. The summed E-state index contributed by atoms with van der Waals surface area (Å²) >= 11 is 1.20. The second-order valence-corrected chi connectivity index (χ2v) is 9.31. The second kappa shape index (κ2) is 8.68.